The third-order valence-corrected chi connectivity index (χ3v) is 4.40. The predicted molar refractivity (Wildman–Crippen MR) is 84.6 cm³/mol. The van der Waals surface area contributed by atoms with E-state index < -0.39 is 0 Å². The van der Waals surface area contributed by atoms with Gasteiger partial charge in [-0.1, -0.05) is 17.7 Å². The van der Waals surface area contributed by atoms with Gasteiger partial charge in [0.25, 0.3) is 0 Å². The molecule has 1 aromatic heterocycles. The van der Waals surface area contributed by atoms with E-state index in [0.717, 1.165) is 24.5 Å². The molecule has 108 valence electrons. The van der Waals surface area contributed by atoms with Crippen LogP contribution in [0.3, 0.4) is 0 Å². The lowest BCUT2D eigenvalue weighted by Crippen LogP contribution is -2.39. The van der Waals surface area contributed by atoms with Crippen molar-refractivity contribution in [3.8, 4) is 0 Å². The predicted octanol–water partition coefficient (Wildman–Crippen LogP) is 2.38. The van der Waals surface area contributed by atoms with Crippen LogP contribution in [-0.4, -0.2) is 21.3 Å². The third-order valence-electron chi connectivity index (χ3n) is 3.25. The Hall–Kier alpha value is -1.30. The Bertz CT molecular complexity index is 538. The van der Waals surface area contributed by atoms with Crippen LogP contribution >= 0.6 is 11.8 Å². The van der Waals surface area contributed by atoms with Crippen molar-refractivity contribution in [2.24, 2.45) is 5.84 Å². The van der Waals surface area contributed by atoms with E-state index in [-0.39, 0.29) is 6.04 Å². The largest absolute Gasteiger partial charge is 0.335 e. The lowest BCUT2D eigenvalue weighted by molar-refractivity contribution is 0.543. The number of hydrogen-bond acceptors (Lipinski definition) is 4. The summed E-state index contributed by atoms with van der Waals surface area (Å²) in [5.41, 5.74) is 4.19. The van der Waals surface area contributed by atoms with E-state index in [4.69, 9.17) is 5.84 Å². The monoisotopic (exact) mass is 290 g/mol. The van der Waals surface area contributed by atoms with Crippen molar-refractivity contribution in [1.82, 2.24) is 15.0 Å². The number of hydrazine groups is 1. The summed E-state index contributed by atoms with van der Waals surface area (Å²) in [6.45, 7) is 5.18. The zero-order valence-corrected chi connectivity index (χ0v) is 12.9. The maximum atomic E-state index is 5.67. The first kappa shape index (κ1) is 15.1. The zero-order chi connectivity index (χ0) is 14.4. The molecule has 2 rings (SSSR count). The fraction of sp³-hybridized carbons (Fsp3) is 0.400. The number of hydrogen-bond donors (Lipinski definition) is 2. The van der Waals surface area contributed by atoms with Gasteiger partial charge < -0.3 is 4.57 Å². The third kappa shape index (κ3) is 4.10. The topological polar surface area (TPSA) is 55.9 Å². The van der Waals surface area contributed by atoms with Crippen molar-refractivity contribution in [3.63, 3.8) is 0 Å². The fourth-order valence-corrected chi connectivity index (χ4v) is 3.16. The average molecular weight is 290 g/mol. The Labute approximate surface area is 124 Å². The fourth-order valence-electron chi connectivity index (χ4n) is 2.11. The Morgan fingerprint density at radius 1 is 1.45 bits per heavy atom. The average Bonchev–Trinajstić information content (AvgIpc) is 2.90. The summed E-state index contributed by atoms with van der Waals surface area (Å²) in [5.74, 6) is 7.69. The van der Waals surface area contributed by atoms with Gasteiger partial charge in [0.2, 0.25) is 0 Å². The SMILES string of the molecule is CCn1ccnc1CC(CSc1cccc(C)c1)NN. The van der Waals surface area contributed by atoms with Gasteiger partial charge in [0.1, 0.15) is 5.82 Å². The molecule has 4 nitrogen and oxygen atoms in total. The van der Waals surface area contributed by atoms with Crippen molar-refractivity contribution in [3.05, 3.63) is 48.0 Å². The molecule has 20 heavy (non-hydrogen) atoms. The molecular formula is C15H22N4S. The molecule has 0 radical (unpaired) electrons. The number of nitrogens with zero attached hydrogens (tertiary/aromatic N) is 2. The highest BCUT2D eigenvalue weighted by atomic mass is 32.2. The van der Waals surface area contributed by atoms with E-state index in [2.05, 4.69) is 53.1 Å². The second-order valence-electron chi connectivity index (χ2n) is 4.82. The summed E-state index contributed by atoms with van der Waals surface area (Å²) in [4.78, 5) is 5.68. The van der Waals surface area contributed by atoms with Crippen LogP contribution in [0.1, 0.15) is 18.3 Å². The molecule has 0 aliphatic rings. The summed E-state index contributed by atoms with van der Waals surface area (Å²) in [5, 5.41) is 0. The van der Waals surface area contributed by atoms with Crippen LogP contribution < -0.4 is 11.3 Å². The molecule has 0 amide bonds. The molecule has 1 heterocycles. The van der Waals surface area contributed by atoms with E-state index in [1.165, 1.54) is 10.5 Å². The van der Waals surface area contributed by atoms with Gasteiger partial charge in [0.05, 0.1) is 0 Å². The van der Waals surface area contributed by atoms with Gasteiger partial charge >= 0.3 is 0 Å². The van der Waals surface area contributed by atoms with Crippen molar-refractivity contribution >= 4 is 11.8 Å². The van der Waals surface area contributed by atoms with Crippen molar-refractivity contribution in [1.29, 1.82) is 0 Å². The number of benzene rings is 1. The molecule has 2 aromatic rings. The number of thioether (sulfide) groups is 1. The number of aryl methyl sites for hydroxylation is 2. The highest BCUT2D eigenvalue weighted by molar-refractivity contribution is 7.99. The molecule has 0 fully saturated rings. The summed E-state index contributed by atoms with van der Waals surface area (Å²) in [6.07, 6.45) is 4.70. The van der Waals surface area contributed by atoms with Crippen LogP contribution in [0.15, 0.2) is 41.6 Å². The Balaban J connectivity index is 1.92. The lowest BCUT2D eigenvalue weighted by Gasteiger charge is -2.16. The minimum Gasteiger partial charge on any atom is -0.335 e. The summed E-state index contributed by atoms with van der Waals surface area (Å²) in [7, 11) is 0. The first-order chi connectivity index (χ1) is 9.72. The van der Waals surface area contributed by atoms with Gasteiger partial charge in [-0.25, -0.2) is 4.98 Å². The Morgan fingerprint density at radius 2 is 2.30 bits per heavy atom. The summed E-state index contributed by atoms with van der Waals surface area (Å²) < 4.78 is 2.15. The van der Waals surface area contributed by atoms with Gasteiger partial charge in [0.15, 0.2) is 0 Å². The maximum Gasteiger partial charge on any atom is 0.110 e. The van der Waals surface area contributed by atoms with Gasteiger partial charge in [-0.15, -0.1) is 11.8 Å². The molecule has 1 aromatic carbocycles. The molecule has 0 spiro atoms. The summed E-state index contributed by atoms with van der Waals surface area (Å²) >= 11 is 1.82. The molecule has 0 aliphatic carbocycles. The van der Waals surface area contributed by atoms with E-state index in [1.54, 1.807) is 0 Å². The van der Waals surface area contributed by atoms with Gasteiger partial charge in [-0.3, -0.25) is 11.3 Å². The maximum absolute atomic E-state index is 5.67. The number of aromatic nitrogens is 2. The van der Waals surface area contributed by atoms with Gasteiger partial charge in [-0.05, 0) is 26.0 Å². The number of imidazole rings is 1. The minimum atomic E-state index is 0.216. The van der Waals surface area contributed by atoms with Crippen molar-refractivity contribution in [2.75, 3.05) is 5.75 Å². The van der Waals surface area contributed by atoms with E-state index >= 15 is 0 Å². The van der Waals surface area contributed by atoms with Crippen LogP contribution in [0.5, 0.6) is 0 Å². The lowest BCUT2D eigenvalue weighted by atomic mass is 10.2. The second kappa shape index (κ2) is 7.47. The number of nitrogens with one attached hydrogen (secondary N) is 1. The van der Waals surface area contributed by atoms with Crippen LogP contribution in [0.25, 0.3) is 0 Å². The Kier molecular flexibility index (Phi) is 5.64. The summed E-state index contributed by atoms with van der Waals surface area (Å²) in [6, 6.07) is 8.75. The van der Waals surface area contributed by atoms with Crippen LogP contribution in [0.4, 0.5) is 0 Å². The molecule has 3 N–H and O–H groups in total. The highest BCUT2D eigenvalue weighted by Gasteiger charge is 2.12. The first-order valence-corrected chi connectivity index (χ1v) is 7.87. The number of nitrogens with two attached hydrogens (primary N) is 1. The van der Waals surface area contributed by atoms with E-state index in [9.17, 15) is 0 Å². The zero-order valence-electron chi connectivity index (χ0n) is 12.0. The van der Waals surface area contributed by atoms with Crippen LogP contribution in [-0.2, 0) is 13.0 Å². The minimum absolute atomic E-state index is 0.216. The molecule has 0 saturated heterocycles. The first-order valence-electron chi connectivity index (χ1n) is 6.88. The molecule has 0 aliphatic heterocycles. The second-order valence-corrected chi connectivity index (χ2v) is 5.92. The van der Waals surface area contributed by atoms with E-state index in [0.29, 0.717) is 0 Å². The van der Waals surface area contributed by atoms with Crippen molar-refractivity contribution in [2.45, 2.75) is 37.8 Å². The molecule has 1 unspecified atom stereocenters. The molecule has 0 bridgehead atoms. The highest BCUT2D eigenvalue weighted by Crippen LogP contribution is 2.20. The molecule has 5 heteroatoms. The normalized spacial score (nSPS) is 12.6. The standard InChI is InChI=1S/C15H22N4S/c1-3-19-8-7-17-15(19)10-13(18-16)11-20-14-6-4-5-12(2)9-14/h4-9,13,18H,3,10-11,16H2,1-2H3. The molecule has 0 saturated carbocycles. The quantitative estimate of drug-likeness (QED) is 0.467. The van der Waals surface area contributed by atoms with Gasteiger partial charge in [0, 0.05) is 42.0 Å². The van der Waals surface area contributed by atoms with E-state index in [1.807, 2.05) is 24.2 Å². The van der Waals surface area contributed by atoms with Crippen LogP contribution in [0.2, 0.25) is 0 Å². The van der Waals surface area contributed by atoms with Crippen LogP contribution in [0, 0.1) is 6.92 Å². The van der Waals surface area contributed by atoms with Gasteiger partial charge in [-0.2, -0.15) is 0 Å². The Morgan fingerprint density at radius 3 is 3.00 bits per heavy atom. The van der Waals surface area contributed by atoms with Crippen molar-refractivity contribution < 1.29 is 0 Å². The smallest absolute Gasteiger partial charge is 0.110 e. The molecule has 1 atom stereocenters. The number of rotatable bonds is 7. The molecular weight excluding hydrogens is 268 g/mol.